The molecule has 9 heteroatoms. The number of hydrogen-bond donors (Lipinski definition) is 0. The first-order valence-corrected chi connectivity index (χ1v) is 11.2. The molecule has 0 aromatic heterocycles. The Balaban J connectivity index is 1.66. The summed E-state index contributed by atoms with van der Waals surface area (Å²) in [5.41, 5.74) is 1.10. The quantitative estimate of drug-likeness (QED) is 0.740. The van der Waals surface area contributed by atoms with E-state index in [1.165, 1.54) is 17.5 Å². The van der Waals surface area contributed by atoms with Crippen molar-refractivity contribution in [3.8, 4) is 11.5 Å². The predicted molar refractivity (Wildman–Crippen MR) is 108 cm³/mol. The molecule has 2 aliphatic heterocycles. The number of halogens is 1. The molecule has 0 aliphatic carbocycles. The van der Waals surface area contributed by atoms with E-state index in [0.29, 0.717) is 16.9 Å². The minimum atomic E-state index is -4.05. The minimum absolute atomic E-state index is 0.0124. The van der Waals surface area contributed by atoms with Gasteiger partial charge in [0.25, 0.3) is 5.91 Å². The first-order chi connectivity index (χ1) is 14.4. The van der Waals surface area contributed by atoms with Crippen molar-refractivity contribution in [2.45, 2.75) is 24.3 Å². The van der Waals surface area contributed by atoms with E-state index in [4.69, 9.17) is 9.47 Å². The Morgan fingerprint density at radius 1 is 1.10 bits per heavy atom. The highest BCUT2D eigenvalue weighted by molar-refractivity contribution is 7.89. The molecule has 0 atom stereocenters. The number of rotatable bonds is 4. The first-order valence-electron chi connectivity index (χ1n) is 9.79. The largest absolute Gasteiger partial charge is 0.495 e. The fourth-order valence-electron chi connectivity index (χ4n) is 3.80. The Morgan fingerprint density at radius 3 is 2.60 bits per heavy atom. The zero-order chi connectivity index (χ0) is 21.3. The van der Waals surface area contributed by atoms with Crippen molar-refractivity contribution in [2.24, 2.45) is 0 Å². The van der Waals surface area contributed by atoms with E-state index in [0.717, 1.165) is 38.1 Å². The van der Waals surface area contributed by atoms with Gasteiger partial charge >= 0.3 is 0 Å². The van der Waals surface area contributed by atoms with Gasteiger partial charge in [0.1, 0.15) is 28.8 Å². The molecule has 0 spiro atoms. The van der Waals surface area contributed by atoms with Crippen molar-refractivity contribution in [3.63, 3.8) is 0 Å². The molecule has 160 valence electrons. The van der Waals surface area contributed by atoms with Gasteiger partial charge in [-0.15, -0.1) is 0 Å². The SMILES string of the molecule is COc1ccc(F)cc1S(=O)(=O)N1CCOc2ccc(C(=O)N3CCCC3)cc2C1. The van der Waals surface area contributed by atoms with Gasteiger partial charge in [-0.3, -0.25) is 4.79 Å². The first kappa shape index (κ1) is 20.6. The van der Waals surface area contributed by atoms with Crippen LogP contribution in [0.1, 0.15) is 28.8 Å². The zero-order valence-corrected chi connectivity index (χ0v) is 17.5. The standard InChI is InChI=1S/C21H23FN2O5S/c1-28-19-7-5-17(22)13-20(19)30(26,27)24-10-11-29-18-6-4-15(12-16(18)14-24)21(25)23-8-2-3-9-23/h4-7,12-13H,2-3,8-11,14H2,1H3. The molecule has 1 fully saturated rings. The topological polar surface area (TPSA) is 76.1 Å². The van der Waals surface area contributed by atoms with Crippen LogP contribution in [0.25, 0.3) is 0 Å². The third-order valence-electron chi connectivity index (χ3n) is 5.39. The number of fused-ring (bicyclic) bond motifs is 1. The maximum atomic E-state index is 13.8. The van der Waals surface area contributed by atoms with Gasteiger partial charge in [-0.1, -0.05) is 0 Å². The second-order valence-electron chi connectivity index (χ2n) is 7.30. The van der Waals surface area contributed by atoms with Crippen LogP contribution in [0.4, 0.5) is 4.39 Å². The molecule has 0 unspecified atom stereocenters. The molecular weight excluding hydrogens is 411 g/mol. The lowest BCUT2D eigenvalue weighted by molar-refractivity contribution is 0.0792. The number of amides is 1. The number of benzene rings is 2. The number of hydrogen-bond acceptors (Lipinski definition) is 5. The smallest absolute Gasteiger partial charge is 0.253 e. The van der Waals surface area contributed by atoms with Gasteiger partial charge in [0, 0.05) is 37.3 Å². The van der Waals surface area contributed by atoms with E-state index >= 15 is 0 Å². The van der Waals surface area contributed by atoms with Gasteiger partial charge < -0.3 is 14.4 Å². The summed E-state index contributed by atoms with van der Waals surface area (Å²) in [5.74, 6) is -0.128. The van der Waals surface area contributed by atoms with E-state index < -0.39 is 15.8 Å². The van der Waals surface area contributed by atoms with Crippen LogP contribution >= 0.6 is 0 Å². The monoisotopic (exact) mass is 434 g/mol. The normalized spacial score (nSPS) is 17.2. The van der Waals surface area contributed by atoms with Crippen molar-refractivity contribution >= 4 is 15.9 Å². The lowest BCUT2D eigenvalue weighted by Crippen LogP contribution is -2.33. The third kappa shape index (κ3) is 3.87. The van der Waals surface area contributed by atoms with Gasteiger partial charge in [0.15, 0.2) is 0 Å². The van der Waals surface area contributed by atoms with Crippen LogP contribution in [-0.4, -0.2) is 56.9 Å². The molecule has 0 bridgehead atoms. The number of carbonyl (C=O) groups excluding carboxylic acids is 1. The highest BCUT2D eigenvalue weighted by Gasteiger charge is 2.31. The Bertz CT molecular complexity index is 1070. The molecule has 7 nitrogen and oxygen atoms in total. The summed E-state index contributed by atoms with van der Waals surface area (Å²) in [6.07, 6.45) is 1.97. The Hall–Kier alpha value is -2.65. The van der Waals surface area contributed by atoms with Crippen LogP contribution in [0, 0.1) is 5.82 Å². The lowest BCUT2D eigenvalue weighted by Gasteiger charge is -2.21. The number of sulfonamides is 1. The van der Waals surface area contributed by atoms with Crippen molar-refractivity contribution in [1.82, 2.24) is 9.21 Å². The highest BCUT2D eigenvalue weighted by Crippen LogP contribution is 2.32. The van der Waals surface area contributed by atoms with Crippen LogP contribution in [-0.2, 0) is 16.6 Å². The van der Waals surface area contributed by atoms with Crippen LogP contribution in [0.2, 0.25) is 0 Å². The molecule has 0 radical (unpaired) electrons. The maximum absolute atomic E-state index is 13.8. The number of nitrogens with zero attached hydrogens (tertiary/aromatic N) is 2. The molecule has 4 rings (SSSR count). The fourth-order valence-corrected chi connectivity index (χ4v) is 5.37. The van der Waals surface area contributed by atoms with E-state index in [9.17, 15) is 17.6 Å². The summed E-state index contributed by atoms with van der Waals surface area (Å²) in [4.78, 5) is 14.3. The maximum Gasteiger partial charge on any atom is 0.253 e. The second kappa shape index (κ2) is 8.23. The minimum Gasteiger partial charge on any atom is -0.495 e. The number of likely N-dealkylation sites (tertiary alicyclic amines) is 1. The van der Waals surface area contributed by atoms with Gasteiger partial charge in [0.2, 0.25) is 10.0 Å². The Kier molecular flexibility index (Phi) is 5.66. The van der Waals surface area contributed by atoms with Crippen LogP contribution in [0.15, 0.2) is 41.3 Å². The van der Waals surface area contributed by atoms with E-state index in [-0.39, 0.29) is 36.2 Å². The molecule has 2 aliphatic rings. The Labute approximate surface area is 175 Å². The zero-order valence-electron chi connectivity index (χ0n) is 16.6. The Morgan fingerprint density at radius 2 is 1.87 bits per heavy atom. The molecular formula is C21H23FN2O5S. The predicted octanol–water partition coefficient (Wildman–Crippen LogP) is 2.65. The average Bonchev–Trinajstić information content (AvgIpc) is 3.19. The molecule has 30 heavy (non-hydrogen) atoms. The summed E-state index contributed by atoms with van der Waals surface area (Å²) in [6.45, 7) is 1.70. The number of methoxy groups -OCH3 is 1. The van der Waals surface area contributed by atoms with Gasteiger partial charge in [-0.25, -0.2) is 12.8 Å². The molecule has 2 aromatic carbocycles. The van der Waals surface area contributed by atoms with Gasteiger partial charge in [0.05, 0.1) is 7.11 Å². The van der Waals surface area contributed by atoms with Crippen molar-refractivity contribution < 1.29 is 27.1 Å². The van der Waals surface area contributed by atoms with Crippen LogP contribution in [0.3, 0.4) is 0 Å². The molecule has 2 aromatic rings. The average molecular weight is 434 g/mol. The highest BCUT2D eigenvalue weighted by atomic mass is 32.2. The van der Waals surface area contributed by atoms with E-state index in [2.05, 4.69) is 0 Å². The second-order valence-corrected chi connectivity index (χ2v) is 9.21. The van der Waals surface area contributed by atoms with Crippen LogP contribution in [0.5, 0.6) is 11.5 Å². The van der Waals surface area contributed by atoms with Crippen molar-refractivity contribution in [3.05, 3.63) is 53.3 Å². The summed E-state index contributed by atoms with van der Waals surface area (Å²) in [5, 5.41) is 0. The lowest BCUT2D eigenvalue weighted by atomic mass is 10.1. The van der Waals surface area contributed by atoms with Crippen molar-refractivity contribution in [2.75, 3.05) is 33.4 Å². The van der Waals surface area contributed by atoms with Crippen molar-refractivity contribution in [1.29, 1.82) is 0 Å². The van der Waals surface area contributed by atoms with Crippen LogP contribution < -0.4 is 9.47 Å². The third-order valence-corrected chi connectivity index (χ3v) is 7.26. The molecule has 1 amide bonds. The summed E-state index contributed by atoms with van der Waals surface area (Å²) < 4.78 is 52.4. The van der Waals surface area contributed by atoms with Gasteiger partial charge in [-0.05, 0) is 49.2 Å². The summed E-state index contributed by atoms with van der Waals surface area (Å²) in [7, 11) is -2.71. The molecule has 0 N–H and O–H groups in total. The summed E-state index contributed by atoms with van der Waals surface area (Å²) >= 11 is 0. The number of ether oxygens (including phenoxy) is 2. The molecule has 0 saturated carbocycles. The number of carbonyl (C=O) groups is 1. The molecule has 2 heterocycles. The van der Waals surface area contributed by atoms with E-state index in [1.807, 2.05) is 0 Å². The molecule has 1 saturated heterocycles. The van der Waals surface area contributed by atoms with E-state index in [1.54, 1.807) is 23.1 Å². The fraction of sp³-hybridized carbons (Fsp3) is 0.381. The summed E-state index contributed by atoms with van der Waals surface area (Å²) in [6, 6.07) is 8.49. The van der Waals surface area contributed by atoms with Gasteiger partial charge in [-0.2, -0.15) is 4.31 Å².